The van der Waals surface area contributed by atoms with Gasteiger partial charge in [-0.05, 0) is 43.2 Å². The second-order valence-electron chi connectivity index (χ2n) is 10.9. The van der Waals surface area contributed by atoms with E-state index in [4.69, 9.17) is 11.6 Å². The number of hydrogen-bond donors (Lipinski definition) is 4. The number of sulfonamides is 1. The second-order valence-corrected chi connectivity index (χ2v) is 15.2. The van der Waals surface area contributed by atoms with Crippen LogP contribution in [-0.4, -0.2) is 69.1 Å². The number of aliphatic carboxylic acids is 1. The minimum absolute atomic E-state index is 0.0680. The molecule has 1 unspecified atom stereocenters. The molecule has 4 N–H and O–H groups in total. The molecule has 2 aromatic carbocycles. The van der Waals surface area contributed by atoms with Gasteiger partial charge in [-0.15, -0.1) is 0 Å². The average Bonchev–Trinajstić information content (AvgIpc) is 2.94. The van der Waals surface area contributed by atoms with Gasteiger partial charge >= 0.3 is 5.97 Å². The van der Waals surface area contributed by atoms with E-state index in [1.54, 1.807) is 57.2 Å². The molecule has 0 saturated carbocycles. The molecule has 1 heterocycles. The number of benzene rings is 2. The lowest BCUT2D eigenvalue weighted by Gasteiger charge is -2.26. The summed E-state index contributed by atoms with van der Waals surface area (Å²) < 4.78 is 52.0. The highest BCUT2D eigenvalue weighted by Gasteiger charge is 2.32. The molecule has 0 bridgehead atoms. The highest BCUT2D eigenvalue weighted by molar-refractivity contribution is 7.96. The monoisotopic (exact) mass is 678 g/mol. The van der Waals surface area contributed by atoms with E-state index in [9.17, 15) is 36.3 Å². The number of carboxylic acid groups (broad SMARTS) is 1. The minimum atomic E-state index is -4.20. The lowest BCUT2D eigenvalue weighted by atomic mass is 10.0. The zero-order chi connectivity index (χ0) is 33.5. The summed E-state index contributed by atoms with van der Waals surface area (Å²) in [5.41, 5.74) is 1.89. The summed E-state index contributed by atoms with van der Waals surface area (Å²) in [4.78, 5) is 42.9. The van der Waals surface area contributed by atoms with Crippen LogP contribution in [0.3, 0.4) is 0 Å². The number of halogens is 1. The van der Waals surface area contributed by atoms with E-state index in [1.807, 2.05) is 12.1 Å². The number of aromatic nitrogens is 1. The van der Waals surface area contributed by atoms with E-state index in [0.29, 0.717) is 11.2 Å². The minimum Gasteiger partial charge on any atom is -0.481 e. The molecule has 3 rings (SSSR count). The fourth-order valence-electron chi connectivity index (χ4n) is 4.27. The predicted molar refractivity (Wildman–Crippen MR) is 170 cm³/mol. The lowest BCUT2D eigenvalue weighted by molar-refractivity contribution is -0.137. The lowest BCUT2D eigenvalue weighted by Crippen LogP contribution is -2.57. The van der Waals surface area contributed by atoms with Crippen LogP contribution in [0.25, 0.3) is 10.9 Å². The van der Waals surface area contributed by atoms with E-state index < -0.39 is 72.5 Å². The number of fused-ring (bicyclic) bond motifs is 1. The molecule has 3 atom stereocenters. The van der Waals surface area contributed by atoms with Crippen LogP contribution in [0.4, 0.5) is 0 Å². The molecule has 0 aliphatic carbocycles. The number of nitrogens with zero attached hydrogens (tertiary/aromatic N) is 1. The van der Waals surface area contributed by atoms with Crippen molar-refractivity contribution in [3.05, 3.63) is 82.4 Å². The molecule has 12 nitrogen and oxygen atoms in total. The number of aryl methyl sites for hydroxylation is 1. The van der Waals surface area contributed by atoms with Gasteiger partial charge in [0.15, 0.2) is 9.84 Å². The highest BCUT2D eigenvalue weighted by atomic mass is 35.5. The van der Waals surface area contributed by atoms with Crippen LogP contribution < -0.4 is 15.4 Å². The van der Waals surface area contributed by atoms with Crippen molar-refractivity contribution in [2.24, 2.45) is 5.92 Å². The standard InChI is InChI=1S/C30H35ClN4O8S2/c1-18(2)28(30(39)33-22(17-27(36)37)16-26(31)44(4,40)41)34-29(38)25(35-45(42,43)23-13-9-19(3)10-14-23)15-21-12-11-20-7-5-6-8-24(20)32-21/h5-14,16,18,22,25,28,35H,15,17H2,1-4H3,(H,33,39)(H,34,38)(H,36,37)/b26-16+/t22-,25+,28?/m1/s1. The van der Waals surface area contributed by atoms with Crippen molar-refractivity contribution in [3.63, 3.8) is 0 Å². The first-order valence-corrected chi connectivity index (χ1v) is 17.5. The van der Waals surface area contributed by atoms with Crippen LogP contribution in [0.2, 0.25) is 0 Å². The Bertz CT molecular complexity index is 1810. The third kappa shape index (κ3) is 10.3. The van der Waals surface area contributed by atoms with Gasteiger partial charge in [0.1, 0.15) is 16.4 Å². The first kappa shape index (κ1) is 35.6. The van der Waals surface area contributed by atoms with Crippen LogP contribution in [0.5, 0.6) is 0 Å². The molecular formula is C30H35ClN4O8S2. The van der Waals surface area contributed by atoms with Crippen molar-refractivity contribution >= 4 is 60.1 Å². The van der Waals surface area contributed by atoms with Crippen LogP contribution in [-0.2, 0) is 40.7 Å². The maximum absolute atomic E-state index is 13.7. The van der Waals surface area contributed by atoms with Gasteiger partial charge in [0.2, 0.25) is 21.8 Å². The van der Waals surface area contributed by atoms with E-state index in [2.05, 4.69) is 20.3 Å². The van der Waals surface area contributed by atoms with Gasteiger partial charge in [0, 0.05) is 23.8 Å². The van der Waals surface area contributed by atoms with E-state index in [0.717, 1.165) is 23.3 Å². The number of carbonyl (C=O) groups excluding carboxylic acids is 2. The Morgan fingerprint density at radius 2 is 1.58 bits per heavy atom. The summed E-state index contributed by atoms with van der Waals surface area (Å²) in [5.74, 6) is -3.56. The molecule has 242 valence electrons. The Morgan fingerprint density at radius 3 is 2.18 bits per heavy atom. The number of carbonyl (C=O) groups is 3. The van der Waals surface area contributed by atoms with E-state index >= 15 is 0 Å². The van der Waals surface area contributed by atoms with E-state index in [1.165, 1.54) is 12.1 Å². The maximum Gasteiger partial charge on any atom is 0.305 e. The van der Waals surface area contributed by atoms with Crippen LogP contribution >= 0.6 is 11.6 Å². The van der Waals surface area contributed by atoms with Crippen molar-refractivity contribution < 1.29 is 36.3 Å². The molecule has 0 aliphatic heterocycles. The number of nitrogens with one attached hydrogen (secondary N) is 3. The Kier molecular flexibility index (Phi) is 11.8. The first-order chi connectivity index (χ1) is 21.0. The van der Waals surface area contributed by atoms with Gasteiger partial charge in [-0.25, -0.2) is 16.8 Å². The molecule has 0 saturated heterocycles. The second kappa shape index (κ2) is 15.0. The molecule has 0 spiro atoms. The topological polar surface area (TPSA) is 189 Å². The molecule has 2 amide bonds. The number of para-hydroxylation sites is 1. The van der Waals surface area contributed by atoms with Crippen molar-refractivity contribution in [1.29, 1.82) is 0 Å². The third-order valence-corrected chi connectivity index (χ3v) is 9.97. The molecule has 1 aromatic heterocycles. The highest BCUT2D eigenvalue weighted by Crippen LogP contribution is 2.17. The van der Waals surface area contributed by atoms with Crippen LogP contribution in [0.1, 0.15) is 31.5 Å². The number of carboxylic acids is 1. The molecule has 0 aliphatic rings. The molecule has 0 radical (unpaired) electrons. The van der Waals surface area contributed by atoms with Crippen molar-refractivity contribution in [3.8, 4) is 0 Å². The Balaban J connectivity index is 1.93. The summed E-state index contributed by atoms with van der Waals surface area (Å²) in [7, 11) is -8.09. The maximum atomic E-state index is 13.7. The molecule has 45 heavy (non-hydrogen) atoms. The largest absolute Gasteiger partial charge is 0.481 e. The zero-order valence-corrected chi connectivity index (χ0v) is 27.4. The molecule has 3 aromatic rings. The van der Waals surface area contributed by atoms with Crippen LogP contribution in [0.15, 0.2) is 76.0 Å². The van der Waals surface area contributed by atoms with Crippen molar-refractivity contribution in [1.82, 2.24) is 20.3 Å². The number of rotatable bonds is 14. The van der Waals surface area contributed by atoms with Crippen molar-refractivity contribution in [2.45, 2.75) is 56.6 Å². The molecule has 0 fully saturated rings. The predicted octanol–water partition coefficient (Wildman–Crippen LogP) is 2.66. The number of amides is 2. The number of sulfone groups is 1. The number of hydrogen-bond acceptors (Lipinski definition) is 8. The van der Waals surface area contributed by atoms with Crippen molar-refractivity contribution in [2.75, 3.05) is 6.26 Å². The van der Waals surface area contributed by atoms with Gasteiger partial charge in [0.25, 0.3) is 0 Å². The third-order valence-electron chi connectivity index (χ3n) is 6.67. The van der Waals surface area contributed by atoms with Gasteiger partial charge in [-0.2, -0.15) is 4.72 Å². The fraction of sp³-hybridized carbons (Fsp3) is 0.333. The zero-order valence-electron chi connectivity index (χ0n) is 25.0. The number of pyridine rings is 1. The first-order valence-electron chi connectivity index (χ1n) is 13.8. The fourth-order valence-corrected chi connectivity index (χ4v) is 6.03. The summed E-state index contributed by atoms with van der Waals surface area (Å²) in [6, 6.07) is 12.8. The molecular weight excluding hydrogens is 644 g/mol. The normalized spacial score (nSPS) is 14.5. The van der Waals surface area contributed by atoms with Gasteiger partial charge in [-0.1, -0.05) is 67.4 Å². The van der Waals surface area contributed by atoms with Gasteiger partial charge in [0.05, 0.1) is 22.9 Å². The SMILES string of the molecule is Cc1ccc(S(=O)(=O)N[C@@H](Cc2ccc3ccccc3n2)C(=O)NC(C(=O)N[C@H](/C=C(\Cl)S(C)(=O)=O)CC(=O)O)C(C)C)cc1. The van der Waals surface area contributed by atoms with Gasteiger partial charge in [-0.3, -0.25) is 19.4 Å². The average molecular weight is 679 g/mol. The molecule has 15 heteroatoms. The smallest absolute Gasteiger partial charge is 0.305 e. The quantitative estimate of drug-likeness (QED) is 0.199. The van der Waals surface area contributed by atoms with Crippen LogP contribution in [0, 0.1) is 12.8 Å². The summed E-state index contributed by atoms with van der Waals surface area (Å²) in [6.45, 7) is 5.04. The van der Waals surface area contributed by atoms with E-state index in [-0.39, 0.29) is 11.3 Å². The Hall–Kier alpha value is -3.85. The summed E-state index contributed by atoms with van der Waals surface area (Å²) >= 11 is 5.81. The summed E-state index contributed by atoms with van der Waals surface area (Å²) in [6.07, 6.45) is 0.863. The Labute approximate surface area is 267 Å². The summed E-state index contributed by atoms with van der Waals surface area (Å²) in [5, 5.41) is 15.1. The van der Waals surface area contributed by atoms with Gasteiger partial charge < -0.3 is 15.7 Å². The Morgan fingerprint density at radius 1 is 0.933 bits per heavy atom.